The summed E-state index contributed by atoms with van der Waals surface area (Å²) in [6.07, 6.45) is 2.96. The quantitative estimate of drug-likeness (QED) is 0.642. The zero-order chi connectivity index (χ0) is 21.9. The van der Waals surface area contributed by atoms with Crippen LogP contribution in [0.15, 0.2) is 72.9 Å². The second-order valence-corrected chi connectivity index (χ2v) is 8.69. The van der Waals surface area contributed by atoms with Crippen molar-refractivity contribution in [3.8, 4) is 5.88 Å². The number of rotatable bonds is 6. The number of likely N-dealkylation sites (N-methyl/N-ethyl adjacent to an activating group) is 1. The van der Waals surface area contributed by atoms with Gasteiger partial charge in [0.25, 0.3) is 5.91 Å². The highest BCUT2D eigenvalue weighted by Gasteiger charge is 2.39. The topological polar surface area (TPSA) is 57.7 Å². The van der Waals surface area contributed by atoms with E-state index in [2.05, 4.69) is 39.3 Å². The van der Waals surface area contributed by atoms with E-state index in [-0.39, 0.29) is 5.91 Å². The number of ether oxygens (including phenoxy) is 1. The molecule has 2 fully saturated rings. The van der Waals surface area contributed by atoms with E-state index in [0.717, 1.165) is 30.3 Å². The minimum atomic E-state index is -0.117. The molecule has 2 aliphatic rings. The van der Waals surface area contributed by atoms with Crippen molar-refractivity contribution in [2.24, 2.45) is 5.92 Å². The van der Waals surface area contributed by atoms with Crippen LogP contribution in [0.1, 0.15) is 22.3 Å². The molecule has 2 aromatic carbocycles. The summed E-state index contributed by atoms with van der Waals surface area (Å²) < 4.78 is 5.66. The number of anilines is 2. The van der Waals surface area contributed by atoms with Gasteiger partial charge in [0.1, 0.15) is 6.61 Å². The maximum atomic E-state index is 12.7. The Morgan fingerprint density at radius 2 is 1.88 bits per heavy atom. The molecule has 1 N–H and O–H groups in total. The van der Waals surface area contributed by atoms with Crippen LogP contribution in [0.5, 0.6) is 5.88 Å². The number of carbonyl (C=O) groups excluding carboxylic acids is 1. The van der Waals surface area contributed by atoms with E-state index >= 15 is 0 Å². The molecule has 0 aliphatic carbocycles. The zero-order valence-electron chi connectivity index (χ0n) is 18.3. The second kappa shape index (κ2) is 9.01. The maximum absolute atomic E-state index is 12.7. The molecule has 3 aromatic rings. The first kappa shape index (κ1) is 20.5. The fourth-order valence-electron chi connectivity index (χ4n) is 4.77. The van der Waals surface area contributed by atoms with E-state index in [4.69, 9.17) is 4.74 Å². The smallest absolute Gasteiger partial charge is 0.255 e. The summed E-state index contributed by atoms with van der Waals surface area (Å²) in [6, 6.07) is 21.9. The molecule has 3 heterocycles. The number of hydrogen-bond acceptors (Lipinski definition) is 5. The van der Waals surface area contributed by atoms with E-state index in [1.165, 1.54) is 18.7 Å². The number of nitrogens with one attached hydrogen (secondary N) is 1. The van der Waals surface area contributed by atoms with Crippen molar-refractivity contribution in [1.82, 2.24) is 9.88 Å². The van der Waals surface area contributed by atoms with Crippen LogP contribution in [-0.4, -0.2) is 48.5 Å². The Morgan fingerprint density at radius 3 is 2.62 bits per heavy atom. The first-order valence-corrected chi connectivity index (χ1v) is 11.1. The number of benzene rings is 2. The predicted molar refractivity (Wildman–Crippen MR) is 126 cm³/mol. The lowest BCUT2D eigenvalue weighted by atomic mass is 10.0. The third-order valence-electron chi connectivity index (χ3n) is 6.43. The largest absolute Gasteiger partial charge is 0.473 e. The van der Waals surface area contributed by atoms with Crippen LogP contribution in [0.4, 0.5) is 11.4 Å². The Morgan fingerprint density at radius 1 is 1.06 bits per heavy atom. The first-order chi connectivity index (χ1) is 15.7. The van der Waals surface area contributed by atoms with Crippen molar-refractivity contribution in [2.45, 2.75) is 19.1 Å². The van der Waals surface area contributed by atoms with E-state index in [9.17, 15) is 4.79 Å². The molecule has 0 saturated carbocycles. The minimum Gasteiger partial charge on any atom is -0.473 e. The van der Waals surface area contributed by atoms with Gasteiger partial charge in [0.05, 0.1) is 0 Å². The molecule has 1 aromatic heterocycles. The van der Waals surface area contributed by atoms with Gasteiger partial charge in [-0.05, 0) is 67.4 Å². The molecule has 2 atom stereocenters. The molecule has 0 spiro atoms. The monoisotopic (exact) mass is 428 g/mol. The Labute approximate surface area is 188 Å². The number of aromatic nitrogens is 1. The molecule has 6 heteroatoms. The molecule has 0 bridgehead atoms. The lowest BCUT2D eigenvalue weighted by Crippen LogP contribution is -2.34. The van der Waals surface area contributed by atoms with Gasteiger partial charge in [-0.3, -0.25) is 4.79 Å². The fraction of sp³-hybridized carbons (Fsp3) is 0.308. The van der Waals surface area contributed by atoms with E-state index in [1.54, 1.807) is 6.20 Å². The summed E-state index contributed by atoms with van der Waals surface area (Å²) >= 11 is 0. The van der Waals surface area contributed by atoms with Gasteiger partial charge in [-0.2, -0.15) is 0 Å². The number of hydrogen-bond donors (Lipinski definition) is 1. The molecule has 2 saturated heterocycles. The third kappa shape index (κ3) is 4.46. The highest BCUT2D eigenvalue weighted by Crippen LogP contribution is 2.34. The second-order valence-electron chi connectivity index (χ2n) is 8.69. The van der Waals surface area contributed by atoms with Crippen molar-refractivity contribution in [3.63, 3.8) is 0 Å². The van der Waals surface area contributed by atoms with Crippen molar-refractivity contribution in [1.29, 1.82) is 0 Å². The van der Waals surface area contributed by atoms with Crippen molar-refractivity contribution < 1.29 is 9.53 Å². The zero-order valence-corrected chi connectivity index (χ0v) is 18.3. The average Bonchev–Trinajstić information content (AvgIpc) is 3.38. The lowest BCUT2D eigenvalue weighted by Gasteiger charge is -2.26. The summed E-state index contributed by atoms with van der Waals surface area (Å²) in [6.45, 7) is 3.86. The summed E-state index contributed by atoms with van der Waals surface area (Å²) in [4.78, 5) is 21.8. The van der Waals surface area contributed by atoms with Crippen LogP contribution in [0.3, 0.4) is 0 Å². The van der Waals surface area contributed by atoms with Crippen LogP contribution in [-0.2, 0) is 6.61 Å². The minimum absolute atomic E-state index is 0.117. The number of amides is 1. The Hall–Kier alpha value is -3.38. The van der Waals surface area contributed by atoms with E-state index < -0.39 is 0 Å². The average molecular weight is 429 g/mol. The molecule has 164 valence electrons. The predicted octanol–water partition coefficient (Wildman–Crippen LogP) is 4.05. The maximum Gasteiger partial charge on any atom is 0.255 e. The fourth-order valence-corrected chi connectivity index (χ4v) is 4.77. The summed E-state index contributed by atoms with van der Waals surface area (Å²) in [7, 11) is 2.20. The van der Waals surface area contributed by atoms with Gasteiger partial charge in [-0.1, -0.05) is 18.2 Å². The number of carbonyl (C=O) groups is 1. The van der Waals surface area contributed by atoms with Crippen LogP contribution >= 0.6 is 0 Å². The highest BCUT2D eigenvalue weighted by atomic mass is 16.5. The number of pyridine rings is 1. The van der Waals surface area contributed by atoms with Crippen LogP contribution in [0.25, 0.3) is 0 Å². The van der Waals surface area contributed by atoms with Crippen LogP contribution in [0, 0.1) is 5.92 Å². The van der Waals surface area contributed by atoms with Crippen molar-refractivity contribution in [3.05, 3.63) is 84.1 Å². The molecular weight excluding hydrogens is 400 g/mol. The molecule has 2 aliphatic heterocycles. The normalized spacial score (nSPS) is 20.2. The molecule has 32 heavy (non-hydrogen) atoms. The molecule has 0 radical (unpaired) electrons. The van der Waals surface area contributed by atoms with Gasteiger partial charge >= 0.3 is 0 Å². The van der Waals surface area contributed by atoms with Gasteiger partial charge in [-0.25, -0.2) is 4.98 Å². The van der Waals surface area contributed by atoms with Crippen LogP contribution < -0.4 is 15.0 Å². The molecule has 5 rings (SSSR count). The molecule has 6 nitrogen and oxygen atoms in total. The summed E-state index contributed by atoms with van der Waals surface area (Å²) in [5, 5.41) is 3.00. The standard InChI is InChI=1S/C26H28N4O2/c1-29-16-21-13-15-30(24(21)17-29)23-11-9-22(10-12-23)28-26(31)20-7-5-19(6-8-20)18-32-25-4-2-3-14-27-25/h2-12,14,21,24H,13,15-18H2,1H3,(H,28,31)/t21-,24+/m1/s1. The summed E-state index contributed by atoms with van der Waals surface area (Å²) in [5.41, 5.74) is 3.65. The first-order valence-electron chi connectivity index (χ1n) is 11.1. The SMILES string of the molecule is CN1C[C@H]2CCN(c3ccc(NC(=O)c4ccc(COc5ccccn5)cc4)cc3)[C@H]2C1. The van der Waals surface area contributed by atoms with Gasteiger partial charge in [0.2, 0.25) is 5.88 Å². The number of nitrogens with zero attached hydrogens (tertiary/aromatic N) is 3. The Kier molecular flexibility index (Phi) is 5.77. The Balaban J connectivity index is 1.17. The summed E-state index contributed by atoms with van der Waals surface area (Å²) in [5.74, 6) is 1.24. The van der Waals surface area contributed by atoms with Gasteiger partial charge in [0, 0.05) is 54.9 Å². The lowest BCUT2D eigenvalue weighted by molar-refractivity contribution is 0.102. The number of likely N-dealkylation sites (tertiary alicyclic amines) is 1. The Bertz CT molecular complexity index is 1050. The van der Waals surface area contributed by atoms with E-state index in [1.807, 2.05) is 54.6 Å². The molecular formula is C26H28N4O2. The highest BCUT2D eigenvalue weighted by molar-refractivity contribution is 6.04. The molecule has 1 amide bonds. The van der Waals surface area contributed by atoms with E-state index in [0.29, 0.717) is 24.1 Å². The van der Waals surface area contributed by atoms with Gasteiger partial charge < -0.3 is 19.9 Å². The van der Waals surface area contributed by atoms with Crippen molar-refractivity contribution in [2.75, 3.05) is 36.9 Å². The van der Waals surface area contributed by atoms with Gasteiger partial charge in [-0.15, -0.1) is 0 Å². The van der Waals surface area contributed by atoms with Crippen LogP contribution in [0.2, 0.25) is 0 Å². The molecule has 0 unspecified atom stereocenters. The van der Waals surface area contributed by atoms with Crippen molar-refractivity contribution >= 4 is 17.3 Å². The van der Waals surface area contributed by atoms with Gasteiger partial charge in [0.15, 0.2) is 0 Å². The number of fused-ring (bicyclic) bond motifs is 1. The third-order valence-corrected chi connectivity index (χ3v) is 6.43.